The first-order chi connectivity index (χ1) is 11.3. The fourth-order valence-corrected chi connectivity index (χ4v) is 3.08. The fourth-order valence-electron chi connectivity index (χ4n) is 2.39. The van der Waals surface area contributed by atoms with E-state index in [1.54, 1.807) is 18.5 Å². The number of hydrogen-bond acceptors (Lipinski definition) is 5. The third-order valence-electron chi connectivity index (χ3n) is 3.43. The Morgan fingerprint density at radius 3 is 2.78 bits per heavy atom. The molecule has 0 fully saturated rings. The maximum atomic E-state index is 12.6. The number of hydrogen-bond donors (Lipinski definition) is 0. The molecule has 0 radical (unpaired) electrons. The van der Waals surface area contributed by atoms with E-state index in [1.807, 2.05) is 35.0 Å². The van der Waals surface area contributed by atoms with Crippen LogP contribution in [0, 0.1) is 11.3 Å². The molecule has 0 atom stereocenters. The Hall–Kier alpha value is -2.65. The average molecular weight is 322 g/mol. The van der Waals surface area contributed by atoms with E-state index in [0.29, 0.717) is 23.7 Å². The van der Waals surface area contributed by atoms with Crippen LogP contribution in [-0.4, -0.2) is 26.1 Å². The second-order valence-corrected chi connectivity index (χ2v) is 5.85. The second kappa shape index (κ2) is 7.07. The minimum Gasteiger partial charge on any atom is -0.346 e. The van der Waals surface area contributed by atoms with Crippen molar-refractivity contribution in [1.29, 1.82) is 5.26 Å². The number of nitrogens with zero attached hydrogens (tertiary/aromatic N) is 4. The van der Waals surface area contributed by atoms with Crippen LogP contribution in [0.3, 0.4) is 0 Å². The van der Waals surface area contributed by atoms with E-state index in [9.17, 15) is 4.79 Å². The summed E-state index contributed by atoms with van der Waals surface area (Å²) in [4.78, 5) is 20.8. The highest BCUT2D eigenvalue weighted by atomic mass is 32.2. The molecule has 0 bridgehead atoms. The topological polar surface area (TPSA) is 71.6 Å². The lowest BCUT2D eigenvalue weighted by Crippen LogP contribution is -2.02. The summed E-state index contributed by atoms with van der Waals surface area (Å²) in [5, 5.41) is 10.3. The van der Waals surface area contributed by atoms with Crippen molar-refractivity contribution >= 4 is 28.4 Å². The predicted molar refractivity (Wildman–Crippen MR) is 89.3 cm³/mol. The van der Waals surface area contributed by atoms with Crippen LogP contribution in [0.1, 0.15) is 16.8 Å². The molecule has 114 valence electrons. The van der Waals surface area contributed by atoms with Gasteiger partial charge < -0.3 is 4.57 Å². The largest absolute Gasteiger partial charge is 0.346 e. The molecule has 3 aromatic rings. The molecule has 23 heavy (non-hydrogen) atoms. The molecule has 0 aliphatic heterocycles. The Balaban J connectivity index is 1.84. The highest BCUT2D eigenvalue weighted by Crippen LogP contribution is 2.24. The summed E-state index contributed by atoms with van der Waals surface area (Å²) in [5.41, 5.74) is 1.66. The fraction of sp³-hybridized carbons (Fsp3) is 0.176. The van der Waals surface area contributed by atoms with E-state index in [0.717, 1.165) is 10.9 Å². The van der Waals surface area contributed by atoms with Crippen LogP contribution >= 0.6 is 11.8 Å². The van der Waals surface area contributed by atoms with E-state index in [-0.39, 0.29) is 11.5 Å². The zero-order chi connectivity index (χ0) is 16.1. The molecular formula is C17H14N4OS. The normalized spacial score (nSPS) is 10.6. The van der Waals surface area contributed by atoms with Crippen molar-refractivity contribution in [1.82, 2.24) is 14.5 Å². The van der Waals surface area contributed by atoms with E-state index in [1.165, 1.54) is 11.8 Å². The van der Waals surface area contributed by atoms with Gasteiger partial charge >= 0.3 is 0 Å². The van der Waals surface area contributed by atoms with Crippen LogP contribution in [-0.2, 0) is 6.54 Å². The number of nitriles is 1. The van der Waals surface area contributed by atoms with Crippen molar-refractivity contribution in [3.05, 3.63) is 54.5 Å². The Morgan fingerprint density at radius 2 is 2.00 bits per heavy atom. The van der Waals surface area contributed by atoms with Crippen LogP contribution in [0.5, 0.6) is 0 Å². The third-order valence-corrected chi connectivity index (χ3v) is 4.30. The van der Waals surface area contributed by atoms with Crippen molar-refractivity contribution in [2.75, 3.05) is 5.75 Å². The van der Waals surface area contributed by atoms with Crippen LogP contribution < -0.4 is 0 Å². The van der Waals surface area contributed by atoms with Gasteiger partial charge in [0.2, 0.25) is 0 Å². The summed E-state index contributed by atoms with van der Waals surface area (Å²) in [7, 11) is 0. The minimum absolute atomic E-state index is 0.0364. The van der Waals surface area contributed by atoms with Gasteiger partial charge in [0, 0.05) is 41.6 Å². The van der Waals surface area contributed by atoms with Crippen molar-refractivity contribution in [2.45, 2.75) is 18.1 Å². The van der Waals surface area contributed by atoms with Crippen molar-refractivity contribution in [3.63, 3.8) is 0 Å². The number of aromatic nitrogens is 3. The van der Waals surface area contributed by atoms with Gasteiger partial charge in [-0.2, -0.15) is 5.26 Å². The standard InChI is InChI=1S/C17H14N4OS/c18-7-3-10-21-11-14(13-5-1-2-6-15(13)21)16(22)12-23-17-19-8-4-9-20-17/h1-2,4-6,8-9,11H,3,10,12H2. The van der Waals surface area contributed by atoms with Crippen LogP contribution in [0.2, 0.25) is 0 Å². The molecule has 0 aliphatic carbocycles. The van der Waals surface area contributed by atoms with Gasteiger partial charge in [-0.15, -0.1) is 0 Å². The number of aryl methyl sites for hydroxylation is 1. The predicted octanol–water partition coefficient (Wildman–Crippen LogP) is 3.32. The number of rotatable bonds is 6. The molecule has 2 heterocycles. The van der Waals surface area contributed by atoms with Gasteiger partial charge in [-0.05, 0) is 12.1 Å². The zero-order valence-corrected chi connectivity index (χ0v) is 13.2. The average Bonchev–Trinajstić information content (AvgIpc) is 2.98. The number of ketones is 1. The maximum absolute atomic E-state index is 12.6. The first-order valence-corrected chi connectivity index (χ1v) is 8.16. The van der Waals surface area contributed by atoms with Gasteiger partial charge in [0.25, 0.3) is 0 Å². The highest BCUT2D eigenvalue weighted by Gasteiger charge is 2.15. The maximum Gasteiger partial charge on any atom is 0.187 e. The highest BCUT2D eigenvalue weighted by molar-refractivity contribution is 7.99. The Bertz CT molecular complexity index is 867. The smallest absolute Gasteiger partial charge is 0.187 e. The molecule has 1 aromatic carbocycles. The van der Waals surface area contributed by atoms with E-state index >= 15 is 0 Å². The summed E-state index contributed by atoms with van der Waals surface area (Å²) in [5.74, 6) is 0.324. The number of fused-ring (bicyclic) bond motifs is 1. The molecule has 0 unspecified atom stereocenters. The number of thioether (sulfide) groups is 1. The van der Waals surface area contributed by atoms with Gasteiger partial charge in [0.1, 0.15) is 0 Å². The summed E-state index contributed by atoms with van der Waals surface area (Å²) in [6, 6.07) is 11.6. The number of carbonyl (C=O) groups excluding carboxylic acids is 1. The summed E-state index contributed by atoms with van der Waals surface area (Å²) >= 11 is 1.33. The minimum atomic E-state index is 0.0364. The monoisotopic (exact) mass is 322 g/mol. The molecule has 0 aliphatic rings. The molecule has 5 nitrogen and oxygen atoms in total. The van der Waals surface area contributed by atoms with Crippen molar-refractivity contribution < 1.29 is 4.79 Å². The second-order valence-electron chi connectivity index (χ2n) is 4.90. The third kappa shape index (κ3) is 3.41. The Labute approximate surface area is 138 Å². The molecular weight excluding hydrogens is 308 g/mol. The number of benzene rings is 1. The lowest BCUT2D eigenvalue weighted by molar-refractivity contribution is 0.102. The van der Waals surface area contributed by atoms with E-state index in [4.69, 9.17) is 5.26 Å². The van der Waals surface area contributed by atoms with E-state index in [2.05, 4.69) is 16.0 Å². The molecule has 0 amide bonds. The first-order valence-electron chi connectivity index (χ1n) is 7.17. The lowest BCUT2D eigenvalue weighted by atomic mass is 10.1. The first kappa shape index (κ1) is 15.3. The Kier molecular flexibility index (Phi) is 4.69. The lowest BCUT2D eigenvalue weighted by Gasteiger charge is -2.00. The Morgan fingerprint density at radius 1 is 1.22 bits per heavy atom. The van der Waals surface area contributed by atoms with Gasteiger partial charge in [0.15, 0.2) is 10.9 Å². The summed E-state index contributed by atoms with van der Waals surface area (Å²) < 4.78 is 1.97. The van der Waals surface area contributed by atoms with Crippen molar-refractivity contribution in [3.8, 4) is 6.07 Å². The molecule has 0 spiro atoms. The SMILES string of the molecule is N#CCCn1cc(C(=O)CSc2ncccn2)c2ccccc21. The summed E-state index contributed by atoms with van der Waals surface area (Å²) in [6.07, 6.45) is 5.58. The van der Waals surface area contributed by atoms with Crippen LogP contribution in [0.25, 0.3) is 10.9 Å². The van der Waals surface area contributed by atoms with Gasteiger partial charge in [0.05, 0.1) is 18.2 Å². The number of para-hydroxylation sites is 1. The van der Waals surface area contributed by atoms with Crippen LogP contribution in [0.15, 0.2) is 54.1 Å². The van der Waals surface area contributed by atoms with Gasteiger partial charge in [-0.25, -0.2) is 9.97 Å². The molecule has 6 heteroatoms. The van der Waals surface area contributed by atoms with E-state index < -0.39 is 0 Å². The van der Waals surface area contributed by atoms with Gasteiger partial charge in [-0.1, -0.05) is 30.0 Å². The summed E-state index contributed by atoms with van der Waals surface area (Å²) in [6.45, 7) is 0.583. The number of carbonyl (C=O) groups is 1. The molecule has 0 N–H and O–H groups in total. The van der Waals surface area contributed by atoms with Crippen LogP contribution in [0.4, 0.5) is 0 Å². The van der Waals surface area contributed by atoms with Gasteiger partial charge in [-0.3, -0.25) is 4.79 Å². The molecule has 0 saturated heterocycles. The molecule has 3 rings (SSSR count). The van der Waals surface area contributed by atoms with Crippen molar-refractivity contribution in [2.24, 2.45) is 0 Å². The quantitative estimate of drug-likeness (QED) is 0.395. The zero-order valence-electron chi connectivity index (χ0n) is 12.3. The molecule has 0 saturated carbocycles. The molecule has 2 aromatic heterocycles. The number of Topliss-reactive ketones (excluding diaryl/α,β-unsaturated/α-hetero) is 1.